The lowest BCUT2D eigenvalue weighted by atomic mass is 10.1. The molecule has 228 valence electrons. The maximum Gasteiger partial charge on any atom is 0.118 e. The molecule has 0 bridgehead atoms. The van der Waals surface area contributed by atoms with Crippen molar-refractivity contribution in [3.63, 3.8) is 0 Å². The standard InChI is InChI=1S/C10H10Cl2.3C7H8O.C6H6.ClH/c1-7(2)6-8-9(11)4-3-5-10(8)12;3*1-8-7-5-3-2-4-6-7;1-2-4-6-5-3-1;/h3-5H,1,6H2,2H3;3*2-6H,1H3;1-6H;1H. The van der Waals surface area contributed by atoms with E-state index in [1.54, 1.807) is 21.3 Å². The molecule has 0 radical (unpaired) electrons. The second-order valence-corrected chi connectivity index (χ2v) is 9.35. The Morgan fingerprint density at radius 1 is 0.488 bits per heavy atom. The largest absolute Gasteiger partial charge is 0.497 e. The number of para-hydroxylation sites is 3. The lowest BCUT2D eigenvalue weighted by Gasteiger charge is -2.05. The molecule has 5 rings (SSSR count). The van der Waals surface area contributed by atoms with E-state index in [-0.39, 0.29) is 12.4 Å². The van der Waals surface area contributed by atoms with Gasteiger partial charge in [-0.2, -0.15) is 0 Å². The molecule has 0 aromatic heterocycles. The summed E-state index contributed by atoms with van der Waals surface area (Å²) < 4.78 is 14.7. The predicted octanol–water partition coefficient (Wildman–Crippen LogP) is 11.3. The van der Waals surface area contributed by atoms with Gasteiger partial charge in [-0.25, -0.2) is 0 Å². The average Bonchev–Trinajstić information content (AvgIpc) is 3.06. The van der Waals surface area contributed by atoms with Crippen LogP contribution in [0, 0.1) is 0 Å². The van der Waals surface area contributed by atoms with Gasteiger partial charge in [0.05, 0.1) is 21.3 Å². The highest BCUT2D eigenvalue weighted by Gasteiger charge is 2.04. The van der Waals surface area contributed by atoms with Gasteiger partial charge in [-0.1, -0.05) is 132 Å². The van der Waals surface area contributed by atoms with Crippen LogP contribution in [-0.2, 0) is 6.42 Å². The lowest BCUT2D eigenvalue weighted by molar-refractivity contribution is 0.414. The highest BCUT2D eigenvalue weighted by molar-refractivity contribution is 6.36. The van der Waals surface area contributed by atoms with Crippen molar-refractivity contribution >= 4 is 35.6 Å². The van der Waals surface area contributed by atoms with Crippen molar-refractivity contribution in [2.24, 2.45) is 0 Å². The summed E-state index contributed by atoms with van der Waals surface area (Å²) in [7, 11) is 4.99. The van der Waals surface area contributed by atoms with Gasteiger partial charge in [0.15, 0.2) is 0 Å². The minimum Gasteiger partial charge on any atom is -0.497 e. The van der Waals surface area contributed by atoms with Gasteiger partial charge in [0.2, 0.25) is 0 Å². The van der Waals surface area contributed by atoms with E-state index >= 15 is 0 Å². The average molecular weight is 640 g/mol. The maximum atomic E-state index is 5.95. The van der Waals surface area contributed by atoms with E-state index < -0.39 is 0 Å². The van der Waals surface area contributed by atoms with Gasteiger partial charge in [-0.3, -0.25) is 0 Å². The Kier molecular flexibility index (Phi) is 23.5. The number of hydrogen-bond acceptors (Lipinski definition) is 3. The Morgan fingerprint density at radius 2 is 0.744 bits per heavy atom. The fourth-order valence-electron chi connectivity index (χ4n) is 3.06. The molecular weight excluding hydrogens is 599 g/mol. The zero-order valence-corrected chi connectivity index (χ0v) is 27.5. The van der Waals surface area contributed by atoms with E-state index in [4.69, 9.17) is 37.4 Å². The van der Waals surface area contributed by atoms with Crippen molar-refractivity contribution in [2.45, 2.75) is 13.3 Å². The molecular formula is C37H41Cl3O3. The Bertz CT molecular complexity index is 1190. The zero-order valence-electron chi connectivity index (χ0n) is 25.2. The predicted molar refractivity (Wildman–Crippen MR) is 188 cm³/mol. The van der Waals surface area contributed by atoms with Crippen LogP contribution >= 0.6 is 35.6 Å². The van der Waals surface area contributed by atoms with Crippen LogP contribution in [0.1, 0.15) is 12.5 Å². The fraction of sp³-hybridized carbons (Fsp3) is 0.135. The molecule has 5 aromatic rings. The van der Waals surface area contributed by atoms with E-state index in [2.05, 4.69) is 6.58 Å². The molecule has 5 aromatic carbocycles. The van der Waals surface area contributed by atoms with Crippen LogP contribution in [0.25, 0.3) is 0 Å². The Morgan fingerprint density at radius 3 is 0.953 bits per heavy atom. The molecule has 0 amide bonds. The third-order valence-electron chi connectivity index (χ3n) is 5.14. The van der Waals surface area contributed by atoms with E-state index in [0.29, 0.717) is 10.0 Å². The molecule has 43 heavy (non-hydrogen) atoms. The summed E-state index contributed by atoms with van der Waals surface area (Å²) in [5, 5.41) is 1.43. The molecule has 0 aliphatic heterocycles. The zero-order chi connectivity index (χ0) is 30.8. The Hall–Kier alpha value is -3.89. The highest BCUT2D eigenvalue weighted by Crippen LogP contribution is 2.26. The van der Waals surface area contributed by atoms with E-state index in [1.165, 1.54) is 0 Å². The smallest absolute Gasteiger partial charge is 0.118 e. The van der Waals surface area contributed by atoms with Crippen LogP contribution in [0.5, 0.6) is 17.2 Å². The molecule has 0 aliphatic rings. The van der Waals surface area contributed by atoms with Gasteiger partial charge in [0, 0.05) is 10.0 Å². The monoisotopic (exact) mass is 638 g/mol. The molecule has 6 heteroatoms. The highest BCUT2D eigenvalue weighted by atomic mass is 35.5. The van der Waals surface area contributed by atoms with Crippen LogP contribution in [-0.4, -0.2) is 21.3 Å². The molecule has 0 saturated carbocycles. The van der Waals surface area contributed by atoms with Crippen LogP contribution < -0.4 is 14.2 Å². The molecule has 0 saturated heterocycles. The normalized spacial score (nSPS) is 8.70. The molecule has 0 aliphatic carbocycles. The number of allylic oxidation sites excluding steroid dienone is 1. The van der Waals surface area contributed by atoms with Crippen molar-refractivity contribution in [2.75, 3.05) is 21.3 Å². The number of ether oxygens (including phenoxy) is 3. The van der Waals surface area contributed by atoms with Crippen molar-refractivity contribution < 1.29 is 14.2 Å². The first-order chi connectivity index (χ1) is 20.4. The van der Waals surface area contributed by atoms with Gasteiger partial charge in [-0.05, 0) is 67.4 Å². The van der Waals surface area contributed by atoms with Crippen molar-refractivity contribution in [3.8, 4) is 17.2 Å². The van der Waals surface area contributed by atoms with E-state index in [0.717, 1.165) is 34.8 Å². The number of methoxy groups -OCH3 is 3. The van der Waals surface area contributed by atoms with Gasteiger partial charge < -0.3 is 14.2 Å². The Labute approximate surface area is 274 Å². The summed E-state index contributed by atoms with van der Waals surface area (Å²) in [6, 6.07) is 46.6. The molecule has 0 fully saturated rings. The van der Waals surface area contributed by atoms with Gasteiger partial charge >= 0.3 is 0 Å². The number of benzene rings is 5. The van der Waals surface area contributed by atoms with Crippen LogP contribution in [0.2, 0.25) is 10.0 Å². The van der Waals surface area contributed by atoms with Crippen LogP contribution in [0.15, 0.2) is 158 Å². The summed E-state index contributed by atoms with van der Waals surface area (Å²) in [5.41, 5.74) is 2.03. The van der Waals surface area contributed by atoms with Crippen LogP contribution in [0.4, 0.5) is 0 Å². The van der Waals surface area contributed by atoms with Crippen molar-refractivity contribution in [3.05, 3.63) is 173 Å². The number of halogens is 3. The fourth-order valence-corrected chi connectivity index (χ4v) is 3.59. The quantitative estimate of drug-likeness (QED) is 0.179. The minimum absolute atomic E-state index is 0. The topological polar surface area (TPSA) is 27.7 Å². The molecule has 0 atom stereocenters. The molecule has 3 nitrogen and oxygen atoms in total. The summed E-state index contributed by atoms with van der Waals surface area (Å²) in [4.78, 5) is 0. The minimum atomic E-state index is 0. The third kappa shape index (κ3) is 19.8. The second-order valence-electron chi connectivity index (χ2n) is 8.54. The molecule has 0 spiro atoms. The van der Waals surface area contributed by atoms with Crippen molar-refractivity contribution in [1.29, 1.82) is 0 Å². The first kappa shape index (κ1) is 39.1. The van der Waals surface area contributed by atoms with Gasteiger partial charge in [-0.15, -0.1) is 12.4 Å². The van der Waals surface area contributed by atoms with Gasteiger partial charge in [0.25, 0.3) is 0 Å². The van der Waals surface area contributed by atoms with Crippen molar-refractivity contribution in [1.82, 2.24) is 0 Å². The lowest BCUT2D eigenvalue weighted by Crippen LogP contribution is -1.88. The summed E-state index contributed by atoms with van der Waals surface area (Å²) >= 11 is 11.9. The number of rotatable bonds is 5. The maximum absolute atomic E-state index is 5.95. The summed E-state index contributed by atoms with van der Waals surface area (Å²) in [5.74, 6) is 2.73. The first-order valence-electron chi connectivity index (χ1n) is 13.3. The number of hydrogen-bond donors (Lipinski definition) is 0. The first-order valence-corrected chi connectivity index (χ1v) is 14.0. The van der Waals surface area contributed by atoms with E-state index in [1.807, 2.05) is 153 Å². The summed E-state index contributed by atoms with van der Waals surface area (Å²) in [6.07, 6.45) is 0.749. The SMILES string of the molecule is C=C(C)Cc1c(Cl)cccc1Cl.COc1ccccc1.COc1ccccc1.COc1ccccc1.Cl.c1ccccc1. The molecule has 0 heterocycles. The second kappa shape index (κ2) is 25.8. The van der Waals surface area contributed by atoms with Gasteiger partial charge in [0.1, 0.15) is 17.2 Å². The molecule has 0 unspecified atom stereocenters. The Balaban J connectivity index is 0.000000519. The third-order valence-corrected chi connectivity index (χ3v) is 5.85. The van der Waals surface area contributed by atoms with Crippen LogP contribution in [0.3, 0.4) is 0 Å². The summed E-state index contributed by atoms with van der Waals surface area (Å²) in [6.45, 7) is 5.77. The van der Waals surface area contributed by atoms with E-state index in [9.17, 15) is 0 Å². The molecule has 0 N–H and O–H groups in total.